The van der Waals surface area contributed by atoms with E-state index in [9.17, 15) is 4.79 Å². The van der Waals surface area contributed by atoms with Crippen LogP contribution < -0.4 is 5.32 Å². The topological polar surface area (TPSA) is 80.9 Å². The van der Waals surface area contributed by atoms with Crippen molar-refractivity contribution < 1.29 is 9.21 Å². The zero-order valence-corrected chi connectivity index (χ0v) is 13.1. The third-order valence-corrected chi connectivity index (χ3v) is 3.77. The number of anilines is 1. The minimum absolute atomic E-state index is 0.147. The first-order chi connectivity index (χ1) is 10.7. The molecule has 0 radical (unpaired) electrons. The number of nitrogens with zero attached hydrogens (tertiary/aromatic N) is 3. The highest BCUT2D eigenvalue weighted by Crippen LogP contribution is 2.26. The van der Waals surface area contributed by atoms with E-state index in [2.05, 4.69) is 20.3 Å². The van der Waals surface area contributed by atoms with E-state index in [1.165, 1.54) is 11.3 Å². The minimum Gasteiger partial charge on any atom is -0.458 e. The lowest BCUT2D eigenvalue weighted by atomic mass is 10.3. The average molecular weight is 335 g/mol. The third-order valence-electron chi connectivity index (χ3n) is 2.73. The number of aryl methyl sites for hydroxylation is 1. The summed E-state index contributed by atoms with van der Waals surface area (Å²) in [6.07, 6.45) is 1.69. The lowest BCUT2D eigenvalue weighted by Gasteiger charge is -2.06. The number of alkyl halides is 1. The van der Waals surface area contributed by atoms with Gasteiger partial charge in [-0.15, -0.1) is 22.9 Å². The molecule has 0 aliphatic rings. The van der Waals surface area contributed by atoms with Gasteiger partial charge in [-0.25, -0.2) is 15.0 Å². The van der Waals surface area contributed by atoms with Gasteiger partial charge in [-0.2, -0.15) is 0 Å². The Kier molecular flexibility index (Phi) is 4.17. The van der Waals surface area contributed by atoms with Gasteiger partial charge in [0.15, 0.2) is 11.6 Å². The number of rotatable bonds is 4. The highest BCUT2D eigenvalue weighted by molar-refractivity contribution is 7.13. The molecule has 0 saturated carbocycles. The molecule has 0 fully saturated rings. The van der Waals surface area contributed by atoms with E-state index in [4.69, 9.17) is 16.0 Å². The van der Waals surface area contributed by atoms with Gasteiger partial charge in [0, 0.05) is 17.6 Å². The van der Waals surface area contributed by atoms with Crippen LogP contribution in [0, 0.1) is 6.92 Å². The van der Waals surface area contributed by atoms with E-state index in [0.717, 1.165) is 10.8 Å². The molecule has 0 spiro atoms. The minimum atomic E-state index is -0.341. The Balaban J connectivity index is 2.07. The number of furan rings is 1. The monoisotopic (exact) mass is 334 g/mol. The average Bonchev–Trinajstić information content (AvgIpc) is 3.18. The van der Waals surface area contributed by atoms with Gasteiger partial charge in [-0.1, -0.05) is 0 Å². The van der Waals surface area contributed by atoms with Crippen LogP contribution in [0.2, 0.25) is 0 Å². The van der Waals surface area contributed by atoms with Crippen LogP contribution in [-0.4, -0.2) is 26.7 Å². The SMILES string of the molecule is Cc1ccc(-c2nc(NC(=O)CCl)cc(-c3nccs3)n2)o1. The van der Waals surface area contributed by atoms with Crippen LogP contribution >= 0.6 is 22.9 Å². The second-order valence-corrected chi connectivity index (χ2v) is 5.55. The Morgan fingerprint density at radius 2 is 2.27 bits per heavy atom. The number of amides is 1. The first-order valence-electron chi connectivity index (χ1n) is 6.37. The van der Waals surface area contributed by atoms with Gasteiger partial charge in [0.25, 0.3) is 0 Å². The molecule has 3 rings (SSSR count). The standard InChI is InChI=1S/C14H11ClN4O2S/c1-8-2-3-10(21-8)13-17-9(14-16-4-5-22-14)6-11(19-13)18-12(20)7-15/h2-6H,7H2,1H3,(H,17,18,19,20). The summed E-state index contributed by atoms with van der Waals surface area (Å²) in [6, 6.07) is 5.26. The molecule has 112 valence electrons. The Morgan fingerprint density at radius 1 is 1.41 bits per heavy atom. The molecule has 6 nitrogen and oxygen atoms in total. The second kappa shape index (κ2) is 6.25. The van der Waals surface area contributed by atoms with Crippen LogP contribution in [0.15, 0.2) is 34.2 Å². The summed E-state index contributed by atoms with van der Waals surface area (Å²) in [5.41, 5.74) is 0.610. The predicted molar refractivity (Wildman–Crippen MR) is 84.9 cm³/mol. The molecule has 3 aromatic heterocycles. The highest BCUT2D eigenvalue weighted by atomic mass is 35.5. The van der Waals surface area contributed by atoms with Gasteiger partial charge in [0.2, 0.25) is 5.91 Å². The van der Waals surface area contributed by atoms with Crippen molar-refractivity contribution in [2.45, 2.75) is 6.92 Å². The summed E-state index contributed by atoms with van der Waals surface area (Å²) in [4.78, 5) is 24.5. The lowest BCUT2D eigenvalue weighted by Crippen LogP contribution is -2.14. The molecule has 3 aromatic rings. The molecule has 0 aliphatic heterocycles. The van der Waals surface area contributed by atoms with Gasteiger partial charge in [0.1, 0.15) is 28.2 Å². The molecular formula is C14H11ClN4O2S. The Labute approximate surface area is 135 Å². The van der Waals surface area contributed by atoms with Crippen molar-refractivity contribution in [3.63, 3.8) is 0 Å². The highest BCUT2D eigenvalue weighted by Gasteiger charge is 2.14. The summed E-state index contributed by atoms with van der Waals surface area (Å²) >= 11 is 6.96. The molecule has 1 amide bonds. The van der Waals surface area contributed by atoms with Crippen LogP contribution in [0.4, 0.5) is 5.82 Å². The summed E-state index contributed by atoms with van der Waals surface area (Å²) in [6.45, 7) is 1.84. The normalized spacial score (nSPS) is 10.6. The van der Waals surface area contributed by atoms with Gasteiger partial charge in [-0.3, -0.25) is 4.79 Å². The molecule has 8 heteroatoms. The van der Waals surface area contributed by atoms with E-state index < -0.39 is 0 Å². The van der Waals surface area contributed by atoms with Gasteiger partial charge < -0.3 is 9.73 Å². The van der Waals surface area contributed by atoms with Crippen molar-refractivity contribution in [1.82, 2.24) is 15.0 Å². The molecule has 22 heavy (non-hydrogen) atoms. The maximum Gasteiger partial charge on any atom is 0.240 e. The van der Waals surface area contributed by atoms with Gasteiger partial charge in [-0.05, 0) is 19.1 Å². The fraction of sp³-hybridized carbons (Fsp3) is 0.143. The van der Waals surface area contributed by atoms with Crippen LogP contribution in [0.5, 0.6) is 0 Å². The molecule has 0 saturated heterocycles. The number of halogens is 1. The lowest BCUT2D eigenvalue weighted by molar-refractivity contribution is -0.113. The molecular weight excluding hydrogens is 324 g/mol. The number of hydrogen-bond donors (Lipinski definition) is 1. The number of hydrogen-bond acceptors (Lipinski definition) is 6. The van der Waals surface area contributed by atoms with Gasteiger partial charge in [0.05, 0.1) is 0 Å². The number of nitrogens with one attached hydrogen (secondary N) is 1. The maximum atomic E-state index is 11.5. The fourth-order valence-corrected chi connectivity index (χ4v) is 2.48. The van der Waals surface area contributed by atoms with Crippen molar-refractivity contribution in [3.8, 4) is 22.3 Å². The largest absolute Gasteiger partial charge is 0.458 e. The number of carbonyl (C=O) groups is 1. The molecule has 0 atom stereocenters. The van der Waals surface area contributed by atoms with E-state index in [1.54, 1.807) is 18.3 Å². The van der Waals surface area contributed by atoms with Crippen molar-refractivity contribution in [2.75, 3.05) is 11.2 Å². The van der Waals surface area contributed by atoms with Gasteiger partial charge >= 0.3 is 0 Å². The zero-order valence-electron chi connectivity index (χ0n) is 11.5. The quantitative estimate of drug-likeness (QED) is 0.740. The fourth-order valence-electron chi connectivity index (χ4n) is 1.81. The summed E-state index contributed by atoms with van der Waals surface area (Å²) in [5.74, 6) is 1.53. The maximum absolute atomic E-state index is 11.5. The zero-order chi connectivity index (χ0) is 15.5. The number of carbonyl (C=O) groups excluding carboxylic acids is 1. The molecule has 1 N–H and O–H groups in total. The predicted octanol–water partition coefficient (Wildman–Crippen LogP) is 3.35. The number of aromatic nitrogens is 3. The van der Waals surface area contributed by atoms with Crippen LogP contribution in [0.1, 0.15) is 5.76 Å². The van der Waals surface area contributed by atoms with Crippen LogP contribution in [0.3, 0.4) is 0 Å². The van der Waals surface area contributed by atoms with E-state index >= 15 is 0 Å². The third kappa shape index (κ3) is 3.15. The first kappa shape index (κ1) is 14.7. The van der Waals surface area contributed by atoms with E-state index in [1.807, 2.05) is 18.4 Å². The molecule has 3 heterocycles. The summed E-state index contributed by atoms with van der Waals surface area (Å²) in [7, 11) is 0. The molecule has 0 bridgehead atoms. The van der Waals surface area contributed by atoms with Crippen LogP contribution in [0.25, 0.3) is 22.3 Å². The first-order valence-corrected chi connectivity index (χ1v) is 7.78. The van der Waals surface area contributed by atoms with E-state index in [0.29, 0.717) is 23.1 Å². The Hall–Kier alpha value is -2.25. The second-order valence-electron chi connectivity index (χ2n) is 4.39. The molecule has 0 unspecified atom stereocenters. The summed E-state index contributed by atoms with van der Waals surface area (Å²) < 4.78 is 5.55. The van der Waals surface area contributed by atoms with Crippen molar-refractivity contribution in [2.24, 2.45) is 0 Å². The number of thiazole rings is 1. The molecule has 0 aliphatic carbocycles. The van der Waals surface area contributed by atoms with Crippen LogP contribution in [-0.2, 0) is 4.79 Å². The Morgan fingerprint density at radius 3 is 2.91 bits per heavy atom. The van der Waals surface area contributed by atoms with Crippen molar-refractivity contribution in [1.29, 1.82) is 0 Å². The summed E-state index contributed by atoms with van der Waals surface area (Å²) in [5, 5.41) is 5.21. The Bertz CT molecular complexity index is 801. The van der Waals surface area contributed by atoms with Crippen molar-refractivity contribution >= 4 is 34.7 Å². The molecule has 0 aromatic carbocycles. The van der Waals surface area contributed by atoms with Crippen molar-refractivity contribution in [3.05, 3.63) is 35.5 Å². The van der Waals surface area contributed by atoms with E-state index in [-0.39, 0.29) is 11.8 Å². The smallest absolute Gasteiger partial charge is 0.240 e.